The van der Waals surface area contributed by atoms with E-state index in [1.54, 1.807) is 48.6 Å². The molecule has 0 saturated heterocycles. The molecule has 0 bridgehead atoms. The molecule has 5 atom stereocenters. The fourth-order valence-corrected chi connectivity index (χ4v) is 8.66. The van der Waals surface area contributed by atoms with Gasteiger partial charge in [-0.15, -0.1) is 0 Å². The Morgan fingerprint density at radius 1 is 1.04 bits per heavy atom. The van der Waals surface area contributed by atoms with Crippen LogP contribution in [-0.4, -0.2) is 41.7 Å². The second-order valence-corrected chi connectivity index (χ2v) is 13.3. The zero-order valence-electron chi connectivity index (χ0n) is 26.1. The summed E-state index contributed by atoms with van der Waals surface area (Å²) in [5.41, 5.74) is 0.628. The van der Waals surface area contributed by atoms with Crippen LogP contribution in [0, 0.1) is 29.1 Å². The third-order valence-corrected chi connectivity index (χ3v) is 11.0. The van der Waals surface area contributed by atoms with Gasteiger partial charge in [0, 0.05) is 23.3 Å². The van der Waals surface area contributed by atoms with Gasteiger partial charge in [-0.25, -0.2) is 4.79 Å². The number of ketones is 1. The molecule has 246 valence electrons. The molecule has 2 saturated carbocycles. The van der Waals surface area contributed by atoms with Crippen molar-refractivity contribution in [3.8, 4) is 11.8 Å². The van der Waals surface area contributed by atoms with Crippen molar-refractivity contribution in [1.29, 1.82) is 0 Å². The highest BCUT2D eigenvalue weighted by molar-refractivity contribution is 5.93. The van der Waals surface area contributed by atoms with Crippen molar-refractivity contribution in [1.82, 2.24) is 0 Å². The lowest BCUT2D eigenvalue weighted by atomic mass is 9.50. The van der Waals surface area contributed by atoms with Gasteiger partial charge in [-0.3, -0.25) is 4.79 Å². The Hall–Kier alpha value is -4.03. The summed E-state index contributed by atoms with van der Waals surface area (Å²) in [4.78, 5) is 24.1. The van der Waals surface area contributed by atoms with Crippen molar-refractivity contribution in [2.45, 2.75) is 75.5 Å². The van der Waals surface area contributed by atoms with Crippen molar-refractivity contribution < 1.29 is 41.4 Å². The maximum atomic E-state index is 15.2. The van der Waals surface area contributed by atoms with Crippen LogP contribution in [0.3, 0.4) is 0 Å². The molecule has 0 radical (unpaired) electrons. The molecule has 1 N–H and O–H groups in total. The first-order valence-corrected chi connectivity index (χ1v) is 15.8. The summed E-state index contributed by atoms with van der Waals surface area (Å²) in [6, 6.07) is 14.1. The number of esters is 1. The second kappa shape index (κ2) is 11.9. The van der Waals surface area contributed by atoms with E-state index in [4.69, 9.17) is 4.74 Å². The number of ether oxygens (including phenoxy) is 1. The quantitative estimate of drug-likeness (QED) is 0.205. The van der Waals surface area contributed by atoms with Crippen LogP contribution in [0.4, 0.5) is 22.0 Å². The molecule has 2 aromatic rings. The zero-order valence-corrected chi connectivity index (χ0v) is 26.1. The van der Waals surface area contributed by atoms with Gasteiger partial charge >= 0.3 is 18.1 Å². The summed E-state index contributed by atoms with van der Waals surface area (Å²) in [5.74, 6) is -1.02. The van der Waals surface area contributed by atoms with Gasteiger partial charge in [-0.2, -0.15) is 22.0 Å². The molecule has 2 fully saturated rings. The Balaban J connectivity index is 1.34. The number of allylic oxidation sites excluding steroid dienone is 5. The predicted molar refractivity (Wildman–Crippen MR) is 166 cm³/mol. The average molecular weight is 651 g/mol. The molecule has 0 heterocycles. The highest BCUT2D eigenvalue weighted by atomic mass is 19.4. The fraction of sp³-hybridized carbons (Fsp3) is 0.421. The Morgan fingerprint density at radius 2 is 1.79 bits per heavy atom. The van der Waals surface area contributed by atoms with Crippen LogP contribution in [0.2, 0.25) is 0 Å². The Morgan fingerprint density at radius 3 is 2.49 bits per heavy atom. The largest absolute Gasteiger partial charge is 0.465 e. The number of hydrogen-bond acceptors (Lipinski definition) is 4. The number of halogens is 5. The molecule has 0 aliphatic heterocycles. The van der Waals surface area contributed by atoms with E-state index >= 15 is 8.78 Å². The van der Waals surface area contributed by atoms with Crippen molar-refractivity contribution in [2.24, 2.45) is 17.3 Å². The van der Waals surface area contributed by atoms with E-state index < -0.39 is 47.3 Å². The smallest absolute Gasteiger partial charge is 0.456 e. The summed E-state index contributed by atoms with van der Waals surface area (Å²) in [7, 11) is 1.31. The Labute approximate surface area is 270 Å². The number of aliphatic hydroxyl groups is 1. The van der Waals surface area contributed by atoms with E-state index in [1.807, 2.05) is 18.2 Å². The first-order valence-electron chi connectivity index (χ1n) is 15.8. The number of carbonyl (C=O) groups is 2. The SMILES string of the molecule is COC(=O)c1cccc(/C=C/C#Cc2ccc([C@H]3CC4(C)C(CCC4(O)C(F)(F)C(F)(F)F)C4CCC5=CC(=O)CCC5=C43)cc2)c1. The van der Waals surface area contributed by atoms with Gasteiger partial charge in [0.25, 0.3) is 0 Å². The van der Waals surface area contributed by atoms with Crippen LogP contribution in [0.15, 0.2) is 77.4 Å². The molecule has 0 spiro atoms. The minimum Gasteiger partial charge on any atom is -0.465 e. The Bertz CT molecular complexity index is 1760. The molecular weight excluding hydrogens is 615 g/mol. The zero-order chi connectivity index (χ0) is 33.8. The molecule has 0 amide bonds. The lowest BCUT2D eigenvalue weighted by molar-refractivity contribution is -0.362. The van der Waals surface area contributed by atoms with Crippen LogP contribution >= 0.6 is 0 Å². The number of alkyl halides is 5. The number of methoxy groups -OCH3 is 1. The van der Waals surface area contributed by atoms with Gasteiger partial charge in [-0.1, -0.05) is 48.6 Å². The number of hydrogen-bond donors (Lipinski definition) is 1. The first-order chi connectivity index (χ1) is 22.2. The second-order valence-electron chi connectivity index (χ2n) is 13.3. The molecule has 6 rings (SSSR count). The molecular formula is C38H35F5O4. The van der Waals surface area contributed by atoms with Gasteiger partial charge in [0.1, 0.15) is 5.60 Å². The monoisotopic (exact) mass is 650 g/mol. The lowest BCUT2D eigenvalue weighted by Crippen LogP contribution is -2.65. The number of rotatable bonds is 4. The summed E-state index contributed by atoms with van der Waals surface area (Å²) in [5, 5.41) is 11.4. The minimum absolute atomic E-state index is 0.0354. The van der Waals surface area contributed by atoms with Crippen LogP contribution in [0.1, 0.15) is 84.8 Å². The van der Waals surface area contributed by atoms with Crippen LogP contribution < -0.4 is 0 Å². The van der Waals surface area contributed by atoms with E-state index in [9.17, 15) is 27.9 Å². The summed E-state index contributed by atoms with van der Waals surface area (Å²) < 4.78 is 76.6. The lowest BCUT2D eigenvalue weighted by Gasteiger charge is -2.56. The van der Waals surface area contributed by atoms with Gasteiger partial charge in [0.15, 0.2) is 5.78 Å². The number of fused-ring (bicyclic) bond motifs is 4. The summed E-state index contributed by atoms with van der Waals surface area (Å²) in [6.45, 7) is 1.42. The summed E-state index contributed by atoms with van der Waals surface area (Å²) in [6.07, 6.45) is 0.449. The van der Waals surface area contributed by atoms with Crippen molar-refractivity contribution in [3.05, 3.63) is 99.7 Å². The van der Waals surface area contributed by atoms with Gasteiger partial charge in [0.05, 0.1) is 12.7 Å². The maximum absolute atomic E-state index is 15.2. The van der Waals surface area contributed by atoms with E-state index in [1.165, 1.54) is 14.0 Å². The highest BCUT2D eigenvalue weighted by Crippen LogP contribution is 2.70. The number of benzene rings is 2. The standard InChI is InChI=1S/C38H35F5O4/c1-35-22-31(25-12-10-23(11-13-25)6-3-4-7-24-8-5-9-27(20-24)34(45)47-2)33-29-17-15-28(44)21-26(29)14-16-30(33)32(35)18-19-36(35,46)37(39,40)38(41,42)43/h4-5,7-13,20-21,30-32,46H,14-19,22H2,1-2H3/b7-4+/t30?,31-,32?,35?,36?/m1/s1. The van der Waals surface area contributed by atoms with E-state index in [-0.39, 0.29) is 24.5 Å². The molecule has 4 nitrogen and oxygen atoms in total. The van der Waals surface area contributed by atoms with E-state index in [2.05, 4.69) is 11.8 Å². The fourth-order valence-electron chi connectivity index (χ4n) is 8.66. The first kappa shape index (κ1) is 32.9. The van der Waals surface area contributed by atoms with E-state index in [0.717, 1.165) is 27.8 Å². The minimum atomic E-state index is -5.89. The van der Waals surface area contributed by atoms with Gasteiger partial charge in [-0.05, 0) is 115 Å². The molecule has 47 heavy (non-hydrogen) atoms. The average Bonchev–Trinajstić information content (AvgIpc) is 3.33. The van der Waals surface area contributed by atoms with Crippen molar-refractivity contribution >= 4 is 17.8 Å². The molecule has 0 aromatic heterocycles. The number of carbonyl (C=O) groups excluding carboxylic acids is 2. The normalized spacial score (nSPS) is 29.0. The van der Waals surface area contributed by atoms with Crippen molar-refractivity contribution in [3.63, 3.8) is 0 Å². The molecule has 9 heteroatoms. The van der Waals surface area contributed by atoms with Crippen LogP contribution in [-0.2, 0) is 9.53 Å². The molecule has 4 unspecified atom stereocenters. The van der Waals surface area contributed by atoms with Gasteiger partial charge < -0.3 is 9.84 Å². The molecule has 4 aliphatic carbocycles. The highest BCUT2D eigenvalue weighted by Gasteiger charge is 2.79. The van der Waals surface area contributed by atoms with Crippen LogP contribution in [0.5, 0.6) is 0 Å². The van der Waals surface area contributed by atoms with E-state index in [0.29, 0.717) is 36.8 Å². The topological polar surface area (TPSA) is 63.6 Å². The van der Waals surface area contributed by atoms with Crippen LogP contribution in [0.25, 0.3) is 6.08 Å². The van der Waals surface area contributed by atoms with Crippen molar-refractivity contribution in [2.75, 3.05) is 7.11 Å². The third kappa shape index (κ3) is 5.44. The molecule has 4 aliphatic rings. The summed E-state index contributed by atoms with van der Waals surface area (Å²) >= 11 is 0. The maximum Gasteiger partial charge on any atom is 0.456 e. The Kier molecular flexibility index (Phi) is 8.32. The predicted octanol–water partition coefficient (Wildman–Crippen LogP) is 8.37. The van der Waals surface area contributed by atoms with Gasteiger partial charge in [0.2, 0.25) is 0 Å². The third-order valence-electron chi connectivity index (χ3n) is 11.0. The molecule has 2 aromatic carbocycles.